The summed E-state index contributed by atoms with van der Waals surface area (Å²) in [5.41, 5.74) is 3.93. The minimum absolute atomic E-state index is 0.168. The van der Waals surface area contributed by atoms with E-state index in [4.69, 9.17) is 10.6 Å². The predicted molar refractivity (Wildman–Crippen MR) is 83.6 cm³/mol. The Labute approximate surface area is 121 Å². The van der Waals surface area contributed by atoms with Gasteiger partial charge in [-0.15, -0.1) is 0 Å². The number of aliphatic imine (C=N–C) groups is 1. The summed E-state index contributed by atoms with van der Waals surface area (Å²) < 4.78 is 5.06. The summed E-state index contributed by atoms with van der Waals surface area (Å²) in [7, 11) is 1.67. The third-order valence-electron chi connectivity index (χ3n) is 3.14. The van der Waals surface area contributed by atoms with Gasteiger partial charge in [0, 0.05) is 19.7 Å². The molecule has 20 heavy (non-hydrogen) atoms. The molecule has 0 spiro atoms. The van der Waals surface area contributed by atoms with Crippen LogP contribution < -0.4 is 16.6 Å². The van der Waals surface area contributed by atoms with Gasteiger partial charge in [0.15, 0.2) is 0 Å². The normalized spacial score (nSPS) is 14.7. The van der Waals surface area contributed by atoms with Gasteiger partial charge in [-0.1, -0.05) is 37.3 Å². The van der Waals surface area contributed by atoms with Crippen LogP contribution in [0.3, 0.4) is 0 Å². The summed E-state index contributed by atoms with van der Waals surface area (Å²) in [6.45, 7) is 5.56. The van der Waals surface area contributed by atoms with Gasteiger partial charge in [0.1, 0.15) is 0 Å². The van der Waals surface area contributed by atoms with Crippen LogP contribution in [-0.2, 0) is 4.74 Å². The van der Waals surface area contributed by atoms with Gasteiger partial charge in [0.25, 0.3) is 0 Å². The average molecular weight is 278 g/mol. The van der Waals surface area contributed by atoms with Crippen LogP contribution in [0.25, 0.3) is 0 Å². The SMILES string of the molecule is COCC(C)NC(=NCCC(C)c1ccccc1)NN. The fourth-order valence-corrected chi connectivity index (χ4v) is 1.98. The molecule has 112 valence electrons. The highest BCUT2D eigenvalue weighted by molar-refractivity contribution is 5.79. The van der Waals surface area contributed by atoms with Crippen LogP contribution in [0.2, 0.25) is 0 Å². The second-order valence-corrected chi connectivity index (χ2v) is 4.98. The van der Waals surface area contributed by atoms with E-state index >= 15 is 0 Å². The van der Waals surface area contributed by atoms with Crippen LogP contribution in [0, 0.1) is 0 Å². The smallest absolute Gasteiger partial charge is 0.206 e. The van der Waals surface area contributed by atoms with Gasteiger partial charge < -0.3 is 10.1 Å². The topological polar surface area (TPSA) is 71.7 Å². The van der Waals surface area contributed by atoms with Gasteiger partial charge in [-0.05, 0) is 24.8 Å². The molecule has 0 heterocycles. The Morgan fingerprint density at radius 1 is 1.30 bits per heavy atom. The Morgan fingerprint density at radius 2 is 2.00 bits per heavy atom. The van der Waals surface area contributed by atoms with Crippen LogP contribution in [0.15, 0.2) is 35.3 Å². The van der Waals surface area contributed by atoms with Crippen molar-refractivity contribution in [2.45, 2.75) is 32.2 Å². The molecule has 0 amide bonds. The van der Waals surface area contributed by atoms with Crippen molar-refractivity contribution in [1.82, 2.24) is 10.7 Å². The van der Waals surface area contributed by atoms with E-state index in [0.29, 0.717) is 18.5 Å². The predicted octanol–water partition coefficient (Wildman–Crippen LogP) is 1.62. The van der Waals surface area contributed by atoms with E-state index in [2.05, 4.69) is 46.9 Å². The zero-order chi connectivity index (χ0) is 14.8. The quantitative estimate of drug-likeness (QED) is 0.307. The van der Waals surface area contributed by atoms with Gasteiger partial charge in [-0.3, -0.25) is 10.4 Å². The summed E-state index contributed by atoms with van der Waals surface area (Å²) in [5, 5.41) is 3.17. The molecule has 0 aliphatic carbocycles. The van der Waals surface area contributed by atoms with Gasteiger partial charge in [0.05, 0.1) is 6.61 Å². The summed E-state index contributed by atoms with van der Waals surface area (Å²) in [5.74, 6) is 6.55. The molecule has 1 rings (SSSR count). The first-order valence-electron chi connectivity index (χ1n) is 6.98. The van der Waals surface area contributed by atoms with Crippen LogP contribution in [-0.4, -0.2) is 32.3 Å². The molecular weight excluding hydrogens is 252 g/mol. The Balaban J connectivity index is 2.41. The minimum atomic E-state index is 0.168. The third-order valence-corrected chi connectivity index (χ3v) is 3.14. The van der Waals surface area contributed by atoms with E-state index in [-0.39, 0.29) is 6.04 Å². The Kier molecular flexibility index (Phi) is 7.69. The van der Waals surface area contributed by atoms with E-state index in [1.807, 2.05) is 13.0 Å². The Morgan fingerprint density at radius 3 is 2.60 bits per heavy atom. The molecule has 0 radical (unpaired) electrons. The molecule has 0 fully saturated rings. The summed E-state index contributed by atoms with van der Waals surface area (Å²) in [6, 6.07) is 10.6. The molecule has 0 aliphatic rings. The summed E-state index contributed by atoms with van der Waals surface area (Å²) in [6.07, 6.45) is 0.982. The van der Waals surface area contributed by atoms with Crippen molar-refractivity contribution in [3.63, 3.8) is 0 Å². The first kappa shape index (κ1) is 16.5. The average Bonchev–Trinajstić information content (AvgIpc) is 2.47. The number of hydrazine groups is 1. The first-order chi connectivity index (χ1) is 9.67. The molecule has 5 nitrogen and oxygen atoms in total. The second kappa shape index (κ2) is 9.34. The fraction of sp³-hybridized carbons (Fsp3) is 0.533. The Hall–Kier alpha value is -1.59. The monoisotopic (exact) mass is 278 g/mol. The molecule has 5 heteroatoms. The van der Waals surface area contributed by atoms with Gasteiger partial charge in [0.2, 0.25) is 5.96 Å². The maximum Gasteiger partial charge on any atom is 0.206 e. The second-order valence-electron chi connectivity index (χ2n) is 4.98. The van der Waals surface area contributed by atoms with Crippen molar-refractivity contribution in [3.05, 3.63) is 35.9 Å². The lowest BCUT2D eigenvalue weighted by Crippen LogP contribution is -2.46. The fourth-order valence-electron chi connectivity index (χ4n) is 1.98. The maximum atomic E-state index is 5.46. The molecule has 0 bridgehead atoms. The number of nitrogens with zero attached hydrogens (tertiary/aromatic N) is 1. The molecule has 0 aromatic heterocycles. The largest absolute Gasteiger partial charge is 0.383 e. The standard InChI is InChI=1S/C15H26N4O/c1-12(14-7-5-4-6-8-14)9-10-17-15(19-16)18-13(2)11-20-3/h4-8,12-13H,9-11,16H2,1-3H3,(H2,17,18,19). The zero-order valence-corrected chi connectivity index (χ0v) is 12.6. The highest BCUT2D eigenvalue weighted by Gasteiger charge is 2.06. The number of benzene rings is 1. The number of nitrogens with two attached hydrogens (primary N) is 1. The van der Waals surface area contributed by atoms with Crippen LogP contribution in [0.5, 0.6) is 0 Å². The van der Waals surface area contributed by atoms with Crippen LogP contribution in [0.4, 0.5) is 0 Å². The van der Waals surface area contributed by atoms with E-state index in [0.717, 1.165) is 13.0 Å². The van der Waals surface area contributed by atoms with Gasteiger partial charge in [-0.25, -0.2) is 5.84 Å². The molecule has 1 aromatic rings. The van der Waals surface area contributed by atoms with Crippen molar-refractivity contribution in [3.8, 4) is 0 Å². The van der Waals surface area contributed by atoms with E-state index in [9.17, 15) is 0 Å². The lowest BCUT2D eigenvalue weighted by Gasteiger charge is -2.16. The lowest BCUT2D eigenvalue weighted by atomic mass is 9.98. The van der Waals surface area contributed by atoms with Crippen molar-refractivity contribution >= 4 is 5.96 Å². The Bertz CT molecular complexity index is 394. The number of guanidine groups is 1. The number of hydrogen-bond acceptors (Lipinski definition) is 3. The van der Waals surface area contributed by atoms with Gasteiger partial charge >= 0.3 is 0 Å². The molecule has 4 N–H and O–H groups in total. The van der Waals surface area contributed by atoms with E-state index in [1.54, 1.807) is 7.11 Å². The van der Waals surface area contributed by atoms with E-state index in [1.165, 1.54) is 5.56 Å². The van der Waals surface area contributed by atoms with Crippen molar-refractivity contribution < 1.29 is 4.74 Å². The van der Waals surface area contributed by atoms with Crippen LogP contribution >= 0.6 is 0 Å². The number of nitrogens with one attached hydrogen (secondary N) is 2. The summed E-state index contributed by atoms with van der Waals surface area (Å²) >= 11 is 0. The number of hydrogen-bond donors (Lipinski definition) is 3. The zero-order valence-electron chi connectivity index (χ0n) is 12.6. The molecule has 1 aromatic carbocycles. The molecule has 2 unspecified atom stereocenters. The highest BCUT2D eigenvalue weighted by atomic mass is 16.5. The molecule has 0 saturated heterocycles. The molecule has 0 saturated carbocycles. The van der Waals surface area contributed by atoms with Crippen LogP contribution in [0.1, 0.15) is 31.7 Å². The van der Waals surface area contributed by atoms with E-state index < -0.39 is 0 Å². The number of ether oxygens (including phenoxy) is 1. The van der Waals surface area contributed by atoms with Crippen molar-refractivity contribution in [2.24, 2.45) is 10.8 Å². The summed E-state index contributed by atoms with van der Waals surface area (Å²) in [4.78, 5) is 4.44. The minimum Gasteiger partial charge on any atom is -0.383 e. The number of methoxy groups -OCH3 is 1. The first-order valence-corrected chi connectivity index (χ1v) is 6.98. The lowest BCUT2D eigenvalue weighted by molar-refractivity contribution is 0.179. The highest BCUT2D eigenvalue weighted by Crippen LogP contribution is 2.17. The van der Waals surface area contributed by atoms with Gasteiger partial charge in [-0.2, -0.15) is 0 Å². The molecular formula is C15H26N4O. The van der Waals surface area contributed by atoms with Crippen molar-refractivity contribution in [2.75, 3.05) is 20.3 Å². The molecule has 2 atom stereocenters. The third kappa shape index (κ3) is 6.04. The van der Waals surface area contributed by atoms with Crippen molar-refractivity contribution in [1.29, 1.82) is 0 Å². The maximum absolute atomic E-state index is 5.46. The number of rotatable bonds is 7. The molecule has 0 aliphatic heterocycles.